The minimum absolute atomic E-state index is 0.114. The Bertz CT molecular complexity index is 827. The third-order valence-corrected chi connectivity index (χ3v) is 5.69. The van der Waals surface area contributed by atoms with Gasteiger partial charge in [-0.05, 0) is 30.9 Å². The average molecular weight is 340 g/mol. The number of imide groups is 2. The number of carbonyl (C=O) groups excluding carboxylic acids is 4. The van der Waals surface area contributed by atoms with Gasteiger partial charge >= 0.3 is 0 Å². The Hall–Kier alpha value is -2.61. The molecular weight excluding hydrogens is 324 g/mol. The number of pyridine rings is 1. The van der Waals surface area contributed by atoms with Gasteiger partial charge in [-0.25, -0.2) is 4.98 Å². The van der Waals surface area contributed by atoms with Gasteiger partial charge in [0.1, 0.15) is 11.7 Å². The molecule has 0 aromatic carbocycles. The molecule has 8 heteroatoms. The quantitative estimate of drug-likeness (QED) is 0.646. The zero-order chi connectivity index (χ0) is 17.3. The van der Waals surface area contributed by atoms with E-state index < -0.39 is 23.8 Å². The molecular formula is C17H16N4O4. The second kappa shape index (κ2) is 4.72. The van der Waals surface area contributed by atoms with Crippen LogP contribution in [-0.2, 0) is 22.4 Å². The highest BCUT2D eigenvalue weighted by Crippen LogP contribution is 2.41. The summed E-state index contributed by atoms with van der Waals surface area (Å²) in [6, 6.07) is 0.834. The molecule has 1 spiro atoms. The highest BCUT2D eigenvalue weighted by atomic mass is 16.2. The molecule has 1 unspecified atom stereocenters. The fraction of sp³-hybridized carbons (Fsp3) is 0.471. The van der Waals surface area contributed by atoms with Crippen LogP contribution in [0.15, 0.2) is 6.07 Å². The number of hydrogen-bond acceptors (Lipinski definition) is 6. The molecule has 3 aliphatic heterocycles. The molecule has 2 saturated heterocycles. The SMILES string of the molecule is O=C1CCC(N2C(=O)c3cc4c(nc3C2=O)CC2(CNC2)C4)C(=O)N1. The predicted molar refractivity (Wildman–Crippen MR) is 83.6 cm³/mol. The molecule has 0 bridgehead atoms. The monoisotopic (exact) mass is 340 g/mol. The first kappa shape index (κ1) is 14.7. The second-order valence-electron chi connectivity index (χ2n) is 7.39. The van der Waals surface area contributed by atoms with Crippen molar-refractivity contribution < 1.29 is 19.2 Å². The summed E-state index contributed by atoms with van der Waals surface area (Å²) < 4.78 is 0. The second-order valence-corrected chi connectivity index (χ2v) is 7.39. The molecule has 128 valence electrons. The van der Waals surface area contributed by atoms with E-state index in [1.165, 1.54) is 0 Å². The van der Waals surface area contributed by atoms with Crippen molar-refractivity contribution >= 4 is 23.6 Å². The smallest absolute Gasteiger partial charge is 0.280 e. The molecule has 1 aromatic heterocycles. The van der Waals surface area contributed by atoms with Gasteiger partial charge in [0.15, 0.2) is 0 Å². The van der Waals surface area contributed by atoms with Crippen LogP contribution in [0.5, 0.6) is 0 Å². The average Bonchev–Trinajstić information content (AvgIpc) is 3.04. The van der Waals surface area contributed by atoms with Crippen LogP contribution >= 0.6 is 0 Å². The molecule has 2 N–H and O–H groups in total. The molecule has 25 heavy (non-hydrogen) atoms. The van der Waals surface area contributed by atoms with Gasteiger partial charge in [0.05, 0.1) is 5.56 Å². The van der Waals surface area contributed by atoms with E-state index in [-0.39, 0.29) is 35.4 Å². The van der Waals surface area contributed by atoms with Crippen LogP contribution in [0, 0.1) is 5.41 Å². The van der Waals surface area contributed by atoms with Crippen molar-refractivity contribution in [1.29, 1.82) is 0 Å². The van der Waals surface area contributed by atoms with Gasteiger partial charge in [-0.1, -0.05) is 0 Å². The van der Waals surface area contributed by atoms with Gasteiger partial charge in [0.2, 0.25) is 11.8 Å². The van der Waals surface area contributed by atoms with E-state index in [9.17, 15) is 19.2 Å². The first-order valence-electron chi connectivity index (χ1n) is 8.43. The molecule has 1 aromatic rings. The number of piperidine rings is 1. The number of nitrogens with zero attached hydrogens (tertiary/aromatic N) is 2. The maximum atomic E-state index is 12.8. The minimum Gasteiger partial charge on any atom is -0.315 e. The van der Waals surface area contributed by atoms with Crippen LogP contribution in [0.25, 0.3) is 0 Å². The number of rotatable bonds is 1. The van der Waals surface area contributed by atoms with Crippen molar-refractivity contribution in [2.24, 2.45) is 5.41 Å². The molecule has 2 fully saturated rings. The fourth-order valence-electron chi connectivity index (χ4n) is 4.32. The molecule has 0 saturated carbocycles. The molecule has 1 atom stereocenters. The molecule has 4 aliphatic rings. The first-order valence-corrected chi connectivity index (χ1v) is 8.43. The molecule has 5 rings (SSSR count). The molecule has 1 aliphatic carbocycles. The Morgan fingerprint density at radius 2 is 1.92 bits per heavy atom. The van der Waals surface area contributed by atoms with Crippen molar-refractivity contribution in [2.75, 3.05) is 13.1 Å². The lowest BCUT2D eigenvalue weighted by Crippen LogP contribution is -2.54. The lowest BCUT2D eigenvalue weighted by atomic mass is 9.79. The van der Waals surface area contributed by atoms with Gasteiger partial charge in [-0.2, -0.15) is 0 Å². The maximum Gasteiger partial charge on any atom is 0.280 e. The van der Waals surface area contributed by atoms with Crippen LogP contribution < -0.4 is 10.6 Å². The van der Waals surface area contributed by atoms with Crippen molar-refractivity contribution in [3.05, 3.63) is 28.6 Å². The van der Waals surface area contributed by atoms with E-state index in [1.807, 2.05) is 0 Å². The minimum atomic E-state index is -0.941. The van der Waals surface area contributed by atoms with Crippen molar-refractivity contribution in [3.63, 3.8) is 0 Å². The van der Waals surface area contributed by atoms with Crippen molar-refractivity contribution in [1.82, 2.24) is 20.5 Å². The summed E-state index contributed by atoms with van der Waals surface area (Å²) in [4.78, 5) is 54.3. The molecule has 4 amide bonds. The van der Waals surface area contributed by atoms with Crippen LogP contribution in [0.2, 0.25) is 0 Å². The Labute approximate surface area is 143 Å². The van der Waals surface area contributed by atoms with Gasteiger partial charge in [-0.15, -0.1) is 0 Å². The van der Waals surface area contributed by atoms with Crippen LogP contribution in [0.3, 0.4) is 0 Å². The van der Waals surface area contributed by atoms with E-state index in [0.717, 1.165) is 42.1 Å². The summed E-state index contributed by atoms with van der Waals surface area (Å²) in [5.74, 6) is -2.00. The zero-order valence-corrected chi connectivity index (χ0v) is 13.4. The lowest BCUT2D eigenvalue weighted by molar-refractivity contribution is -0.136. The summed E-state index contributed by atoms with van der Waals surface area (Å²) in [5, 5.41) is 5.46. The number of aromatic nitrogens is 1. The Kier molecular flexibility index (Phi) is 2.78. The largest absolute Gasteiger partial charge is 0.315 e. The van der Waals surface area contributed by atoms with Crippen LogP contribution in [0.1, 0.15) is 44.9 Å². The number of nitrogens with one attached hydrogen (secondary N) is 2. The third-order valence-electron chi connectivity index (χ3n) is 5.69. The summed E-state index contributed by atoms with van der Waals surface area (Å²) in [6.45, 7) is 1.86. The topological polar surface area (TPSA) is 108 Å². The Morgan fingerprint density at radius 3 is 2.60 bits per heavy atom. The number of amides is 4. The highest BCUT2D eigenvalue weighted by Gasteiger charge is 2.48. The summed E-state index contributed by atoms with van der Waals surface area (Å²) in [5.41, 5.74) is 2.49. The number of fused-ring (bicyclic) bond motifs is 2. The van der Waals surface area contributed by atoms with Crippen LogP contribution in [-0.4, -0.2) is 52.6 Å². The summed E-state index contributed by atoms with van der Waals surface area (Å²) in [7, 11) is 0. The van der Waals surface area contributed by atoms with Gasteiger partial charge < -0.3 is 5.32 Å². The molecule has 8 nitrogen and oxygen atoms in total. The van der Waals surface area contributed by atoms with Crippen molar-refractivity contribution in [3.8, 4) is 0 Å². The molecule has 0 radical (unpaired) electrons. The summed E-state index contributed by atoms with van der Waals surface area (Å²) >= 11 is 0. The fourth-order valence-corrected chi connectivity index (χ4v) is 4.32. The first-order chi connectivity index (χ1) is 12.0. The highest BCUT2D eigenvalue weighted by molar-refractivity contribution is 6.22. The van der Waals surface area contributed by atoms with Crippen molar-refractivity contribution in [2.45, 2.75) is 31.7 Å². The van der Waals surface area contributed by atoms with E-state index in [0.29, 0.717) is 0 Å². The van der Waals surface area contributed by atoms with Gasteiger partial charge in [0.25, 0.3) is 11.8 Å². The third kappa shape index (κ3) is 1.94. The van der Waals surface area contributed by atoms with E-state index in [1.54, 1.807) is 6.07 Å². The van der Waals surface area contributed by atoms with Gasteiger partial charge in [0, 0.05) is 30.6 Å². The van der Waals surface area contributed by atoms with E-state index in [4.69, 9.17) is 0 Å². The van der Waals surface area contributed by atoms with Crippen LogP contribution in [0.4, 0.5) is 0 Å². The maximum absolute atomic E-state index is 12.8. The zero-order valence-electron chi connectivity index (χ0n) is 13.4. The predicted octanol–water partition coefficient (Wildman–Crippen LogP) is -0.829. The van der Waals surface area contributed by atoms with E-state index >= 15 is 0 Å². The Morgan fingerprint density at radius 1 is 1.12 bits per heavy atom. The Balaban J connectivity index is 1.49. The number of carbonyl (C=O) groups is 4. The van der Waals surface area contributed by atoms with Gasteiger partial charge in [-0.3, -0.25) is 29.4 Å². The standard InChI is InChI=1S/C17H16N4O4/c22-12-2-1-11(14(23)20-12)21-15(24)9-3-8-4-17(6-18-7-17)5-10(8)19-13(9)16(21)25/h3,11,18H,1-2,4-7H2,(H,20,22,23). The number of hydrogen-bond donors (Lipinski definition) is 2. The lowest BCUT2D eigenvalue weighted by Gasteiger charge is -2.38. The van der Waals surface area contributed by atoms with E-state index in [2.05, 4.69) is 15.6 Å². The normalized spacial score (nSPS) is 26.6. The molecule has 4 heterocycles. The summed E-state index contributed by atoms with van der Waals surface area (Å²) in [6.07, 6.45) is 1.94.